The lowest BCUT2D eigenvalue weighted by atomic mass is 9.98. The van der Waals surface area contributed by atoms with E-state index in [2.05, 4.69) is 10.6 Å². The van der Waals surface area contributed by atoms with Crippen LogP contribution in [0.1, 0.15) is 37.7 Å². The lowest BCUT2D eigenvalue weighted by Crippen LogP contribution is -2.44. The molecule has 1 saturated heterocycles. The van der Waals surface area contributed by atoms with E-state index in [0.29, 0.717) is 30.8 Å². The first kappa shape index (κ1) is 17.7. The molecule has 1 heterocycles. The Labute approximate surface area is 151 Å². The number of halogens is 1. The second-order valence-electron chi connectivity index (χ2n) is 6.65. The summed E-state index contributed by atoms with van der Waals surface area (Å²) in [6.45, 7) is 0.629. The Hall–Kier alpha value is -2.08. The van der Waals surface area contributed by atoms with E-state index in [9.17, 15) is 14.4 Å². The van der Waals surface area contributed by atoms with Crippen LogP contribution in [0.3, 0.4) is 0 Å². The summed E-state index contributed by atoms with van der Waals surface area (Å²) in [6.07, 6.45) is 4.11. The summed E-state index contributed by atoms with van der Waals surface area (Å²) >= 11 is 5.83. The Balaban J connectivity index is 1.42. The van der Waals surface area contributed by atoms with Gasteiger partial charge in [0.1, 0.15) is 5.54 Å². The molecule has 0 atom stereocenters. The summed E-state index contributed by atoms with van der Waals surface area (Å²) in [5.74, 6) is -0.342. The molecule has 1 aromatic carbocycles. The number of nitrogens with one attached hydrogen (secondary N) is 2. The second-order valence-corrected chi connectivity index (χ2v) is 7.09. The minimum atomic E-state index is -0.706. The first-order valence-corrected chi connectivity index (χ1v) is 9.03. The van der Waals surface area contributed by atoms with Gasteiger partial charge in [0.15, 0.2) is 0 Å². The summed E-state index contributed by atoms with van der Waals surface area (Å²) in [7, 11) is 0. The molecule has 7 heteroatoms. The van der Waals surface area contributed by atoms with Crippen LogP contribution in [0.2, 0.25) is 5.02 Å². The van der Waals surface area contributed by atoms with Gasteiger partial charge in [-0.05, 0) is 37.0 Å². The summed E-state index contributed by atoms with van der Waals surface area (Å²) in [6, 6.07) is 7.09. The van der Waals surface area contributed by atoms with Crippen LogP contribution in [0.4, 0.5) is 4.79 Å². The SMILES string of the molecule is O=C(CCN1C(=O)NC2(CCCC2)C1=O)NCCc1ccc(Cl)cc1. The van der Waals surface area contributed by atoms with Crippen LogP contribution in [0.5, 0.6) is 0 Å². The molecule has 2 fully saturated rings. The summed E-state index contributed by atoms with van der Waals surface area (Å²) in [5, 5.41) is 6.32. The van der Waals surface area contributed by atoms with Crippen molar-refractivity contribution in [1.29, 1.82) is 0 Å². The molecule has 2 aliphatic rings. The third kappa shape index (κ3) is 3.95. The van der Waals surface area contributed by atoms with E-state index in [1.54, 1.807) is 0 Å². The Morgan fingerprint density at radius 1 is 1.20 bits per heavy atom. The zero-order chi connectivity index (χ0) is 17.9. The highest BCUT2D eigenvalue weighted by Crippen LogP contribution is 2.34. The minimum Gasteiger partial charge on any atom is -0.356 e. The zero-order valence-electron chi connectivity index (χ0n) is 14.0. The number of nitrogens with zero attached hydrogens (tertiary/aromatic N) is 1. The molecule has 25 heavy (non-hydrogen) atoms. The van der Waals surface area contributed by atoms with Crippen molar-refractivity contribution < 1.29 is 14.4 Å². The predicted octanol–water partition coefficient (Wildman–Crippen LogP) is 2.25. The molecule has 1 aliphatic heterocycles. The highest BCUT2D eigenvalue weighted by Gasteiger charge is 2.52. The molecule has 0 bridgehead atoms. The first-order valence-electron chi connectivity index (χ1n) is 8.65. The number of carbonyl (C=O) groups excluding carboxylic acids is 3. The molecule has 4 amide bonds. The number of urea groups is 1. The quantitative estimate of drug-likeness (QED) is 0.761. The second kappa shape index (κ2) is 7.44. The van der Waals surface area contributed by atoms with Gasteiger partial charge in [0.05, 0.1) is 0 Å². The predicted molar refractivity (Wildman–Crippen MR) is 94.2 cm³/mol. The van der Waals surface area contributed by atoms with Crippen LogP contribution in [0.15, 0.2) is 24.3 Å². The van der Waals surface area contributed by atoms with Gasteiger partial charge in [0, 0.05) is 24.5 Å². The van der Waals surface area contributed by atoms with Gasteiger partial charge in [-0.25, -0.2) is 4.79 Å². The van der Waals surface area contributed by atoms with Gasteiger partial charge in [-0.3, -0.25) is 14.5 Å². The molecule has 1 spiro atoms. The zero-order valence-corrected chi connectivity index (χ0v) is 14.8. The van der Waals surface area contributed by atoms with Gasteiger partial charge >= 0.3 is 6.03 Å². The van der Waals surface area contributed by atoms with Crippen LogP contribution in [-0.4, -0.2) is 41.4 Å². The van der Waals surface area contributed by atoms with Gasteiger partial charge in [-0.2, -0.15) is 0 Å². The van der Waals surface area contributed by atoms with Crippen molar-refractivity contribution in [3.8, 4) is 0 Å². The van der Waals surface area contributed by atoms with Crippen LogP contribution < -0.4 is 10.6 Å². The third-order valence-corrected chi connectivity index (χ3v) is 5.17. The third-order valence-electron chi connectivity index (χ3n) is 4.91. The van der Waals surface area contributed by atoms with E-state index in [-0.39, 0.29) is 30.8 Å². The lowest BCUT2D eigenvalue weighted by molar-refractivity contribution is -0.131. The van der Waals surface area contributed by atoms with Crippen molar-refractivity contribution in [2.75, 3.05) is 13.1 Å². The van der Waals surface area contributed by atoms with E-state index in [4.69, 9.17) is 11.6 Å². The van der Waals surface area contributed by atoms with E-state index in [1.807, 2.05) is 24.3 Å². The van der Waals surface area contributed by atoms with Crippen molar-refractivity contribution in [1.82, 2.24) is 15.5 Å². The molecule has 3 rings (SSSR count). The fraction of sp³-hybridized carbons (Fsp3) is 0.500. The van der Waals surface area contributed by atoms with Gasteiger partial charge in [-0.1, -0.05) is 36.6 Å². The molecule has 1 aliphatic carbocycles. The maximum Gasteiger partial charge on any atom is 0.325 e. The summed E-state index contributed by atoms with van der Waals surface area (Å²) < 4.78 is 0. The molecule has 6 nitrogen and oxygen atoms in total. The van der Waals surface area contributed by atoms with E-state index in [0.717, 1.165) is 18.4 Å². The molecule has 1 saturated carbocycles. The van der Waals surface area contributed by atoms with Crippen molar-refractivity contribution in [2.24, 2.45) is 0 Å². The van der Waals surface area contributed by atoms with Crippen LogP contribution >= 0.6 is 11.6 Å². The van der Waals surface area contributed by atoms with Crippen molar-refractivity contribution in [2.45, 2.75) is 44.1 Å². The van der Waals surface area contributed by atoms with E-state index >= 15 is 0 Å². The summed E-state index contributed by atoms with van der Waals surface area (Å²) in [5.41, 5.74) is 0.379. The maximum atomic E-state index is 12.5. The minimum absolute atomic E-state index is 0.121. The largest absolute Gasteiger partial charge is 0.356 e. The summed E-state index contributed by atoms with van der Waals surface area (Å²) in [4.78, 5) is 37.7. The molecule has 0 aromatic heterocycles. The number of amides is 4. The van der Waals surface area contributed by atoms with E-state index < -0.39 is 5.54 Å². The molecule has 2 N–H and O–H groups in total. The molecule has 0 radical (unpaired) electrons. The number of rotatable bonds is 6. The normalized spacial score (nSPS) is 18.7. The van der Waals surface area contributed by atoms with Crippen molar-refractivity contribution >= 4 is 29.4 Å². The molecule has 134 valence electrons. The molecule has 0 unspecified atom stereocenters. The highest BCUT2D eigenvalue weighted by molar-refractivity contribution is 6.30. The number of imide groups is 1. The first-order chi connectivity index (χ1) is 12.0. The average Bonchev–Trinajstić information content (AvgIpc) is 3.14. The van der Waals surface area contributed by atoms with E-state index in [1.165, 1.54) is 4.90 Å². The number of carbonyl (C=O) groups is 3. The highest BCUT2D eigenvalue weighted by atomic mass is 35.5. The van der Waals surface area contributed by atoms with Gasteiger partial charge in [0.25, 0.3) is 5.91 Å². The Bertz CT molecular complexity index is 669. The van der Waals surface area contributed by atoms with Crippen molar-refractivity contribution in [3.63, 3.8) is 0 Å². The Morgan fingerprint density at radius 3 is 2.56 bits per heavy atom. The molecular weight excluding hydrogens is 342 g/mol. The number of hydrogen-bond acceptors (Lipinski definition) is 3. The van der Waals surface area contributed by atoms with Crippen LogP contribution in [0.25, 0.3) is 0 Å². The number of benzene rings is 1. The topological polar surface area (TPSA) is 78.5 Å². The van der Waals surface area contributed by atoms with Gasteiger partial charge < -0.3 is 10.6 Å². The Morgan fingerprint density at radius 2 is 1.88 bits per heavy atom. The van der Waals surface area contributed by atoms with Crippen molar-refractivity contribution in [3.05, 3.63) is 34.9 Å². The van der Waals surface area contributed by atoms with Crippen LogP contribution in [-0.2, 0) is 16.0 Å². The molecule has 1 aromatic rings. The number of hydrogen-bond donors (Lipinski definition) is 2. The smallest absolute Gasteiger partial charge is 0.325 e. The van der Waals surface area contributed by atoms with Gasteiger partial charge in [0.2, 0.25) is 5.91 Å². The van der Waals surface area contributed by atoms with Gasteiger partial charge in [-0.15, -0.1) is 0 Å². The fourth-order valence-electron chi connectivity index (χ4n) is 3.50. The standard InChI is InChI=1S/C18H22ClN3O3/c19-14-5-3-13(4-6-14)7-11-20-15(23)8-12-22-16(24)18(21-17(22)25)9-1-2-10-18/h3-6H,1-2,7-12H2,(H,20,23)(H,21,25). The Kier molecular flexibility index (Phi) is 5.27. The van der Waals surface area contributed by atoms with Crippen LogP contribution in [0, 0.1) is 0 Å². The maximum absolute atomic E-state index is 12.5. The average molecular weight is 364 g/mol. The lowest BCUT2D eigenvalue weighted by Gasteiger charge is -2.19. The fourth-order valence-corrected chi connectivity index (χ4v) is 3.62. The monoisotopic (exact) mass is 363 g/mol. The molecular formula is C18H22ClN3O3.